The Bertz CT molecular complexity index is 1300. The molecule has 0 fully saturated rings. The van der Waals surface area contributed by atoms with E-state index in [9.17, 15) is 23.1 Å². The Balaban J connectivity index is 3.15. The highest BCUT2D eigenvalue weighted by molar-refractivity contribution is 6.31. The van der Waals surface area contributed by atoms with Crippen LogP contribution in [0.2, 0.25) is 5.02 Å². The number of carbonyl (C=O) groups is 1. The minimum Gasteiger partial charge on any atom is -0.478 e. The summed E-state index contributed by atoms with van der Waals surface area (Å²) in [4.78, 5) is 11.5. The van der Waals surface area contributed by atoms with Crippen molar-refractivity contribution in [2.24, 2.45) is 0 Å². The first kappa shape index (κ1) is 7.38. The van der Waals surface area contributed by atoms with Crippen molar-refractivity contribution in [1.29, 1.82) is 0 Å². The van der Waals surface area contributed by atoms with E-state index in [1.54, 1.807) is 0 Å². The Kier molecular flexibility index (Phi) is 2.13. The van der Waals surface area contributed by atoms with Gasteiger partial charge in [-0.3, -0.25) is 0 Å². The molecule has 0 amide bonds. The van der Waals surface area contributed by atoms with Gasteiger partial charge in [-0.1, -0.05) is 51.3 Å². The van der Waals surface area contributed by atoms with Crippen LogP contribution in [0.25, 0.3) is 6.08 Å². The van der Waals surface area contributed by atoms with Gasteiger partial charge in [0.05, 0.1) is 5.57 Å². The van der Waals surface area contributed by atoms with Gasteiger partial charge in [-0.2, -0.15) is 13.2 Å². The highest BCUT2D eigenvalue weighted by atomic mass is 35.5. The lowest BCUT2D eigenvalue weighted by molar-refractivity contribution is -0.187. The maximum atomic E-state index is 13.7. The fourth-order valence-corrected chi connectivity index (χ4v) is 2.46. The number of aliphatic carboxylic acids is 1. The first-order valence-electron chi connectivity index (χ1n) is 15.2. The van der Waals surface area contributed by atoms with E-state index in [-0.39, 0.29) is 6.07 Å². The van der Waals surface area contributed by atoms with Crippen LogP contribution < -0.4 is 4.74 Å². The van der Waals surface area contributed by atoms with Gasteiger partial charge in [0.15, 0.2) is 0 Å². The number of alkyl halides is 3. The molecule has 2 rings (SSSR count). The number of benzene rings is 1. The molecule has 144 valence electrons. The molecule has 1 unspecified atom stereocenters. The number of carboxylic acid groups (broad SMARTS) is 1. The average Bonchev–Trinajstić information content (AvgIpc) is 2.74. The van der Waals surface area contributed by atoms with Gasteiger partial charge in [-0.25, -0.2) is 4.79 Å². The number of hydrogen-bond acceptors (Lipinski definition) is 2. The first-order valence-corrected chi connectivity index (χ1v) is 7.06. The van der Waals surface area contributed by atoms with Gasteiger partial charge in [-0.15, -0.1) is 0 Å². The van der Waals surface area contributed by atoms with Crippen LogP contribution in [0.3, 0.4) is 0 Å². The summed E-state index contributed by atoms with van der Waals surface area (Å²) in [6.45, 7) is -12.6. The lowest BCUT2D eigenvalue weighted by atomic mass is 9.79. The molecule has 1 atom stereocenters. The van der Waals surface area contributed by atoms with Gasteiger partial charge in [0.25, 0.3) is 0 Å². The minimum atomic E-state index is -5.41. The molecule has 0 radical (unpaired) electrons. The van der Waals surface area contributed by atoms with E-state index >= 15 is 0 Å². The Morgan fingerprint density at radius 2 is 2.12 bits per heavy atom. The SMILES string of the molecule is [2H]C([2H])([2H])C([2H])([2H])C([2H])([2H])C([2H])([2H])C([2H])([2H])C(c1cc2c(cc1Cl)C=C(C(=O)O)C(C(F)(F)F)O2)(C([2H])([2H])[2H])C([2H])([2H])[2H]. The Morgan fingerprint density at radius 3 is 2.69 bits per heavy atom. The van der Waals surface area contributed by atoms with Gasteiger partial charge in [0.2, 0.25) is 6.10 Å². The van der Waals surface area contributed by atoms with Crippen LogP contribution in [0.15, 0.2) is 17.7 Å². The van der Waals surface area contributed by atoms with Crippen molar-refractivity contribution in [1.82, 2.24) is 0 Å². The second-order valence-electron chi connectivity index (χ2n) is 5.06. The van der Waals surface area contributed by atoms with E-state index in [0.29, 0.717) is 12.1 Å². The van der Waals surface area contributed by atoms with Crippen LogP contribution >= 0.6 is 11.6 Å². The topological polar surface area (TPSA) is 46.5 Å². The molecule has 1 heterocycles. The van der Waals surface area contributed by atoms with Crippen LogP contribution in [0.4, 0.5) is 13.2 Å². The molecule has 1 aliphatic heterocycles. The first-order chi connectivity index (χ1) is 18.7. The molecule has 0 aromatic heterocycles. The predicted octanol–water partition coefficient (Wildman–Crippen LogP) is 5.99. The van der Waals surface area contributed by atoms with E-state index in [0.717, 1.165) is 0 Å². The molecule has 3 nitrogen and oxygen atoms in total. The molecular formula is C19H22ClF3O3. The van der Waals surface area contributed by atoms with E-state index in [2.05, 4.69) is 0 Å². The molecule has 1 aromatic carbocycles. The Labute approximate surface area is 179 Å². The summed E-state index contributed by atoms with van der Waals surface area (Å²) in [7, 11) is 0. The van der Waals surface area contributed by atoms with Crippen molar-refractivity contribution < 1.29 is 51.1 Å². The van der Waals surface area contributed by atoms with Crippen LogP contribution in [-0.4, -0.2) is 23.4 Å². The summed E-state index contributed by atoms with van der Waals surface area (Å²) in [6.07, 6.45) is -26.3. The maximum absolute atomic E-state index is 13.7. The van der Waals surface area contributed by atoms with Gasteiger partial charge < -0.3 is 9.84 Å². The molecule has 0 saturated heterocycles. The quantitative estimate of drug-likeness (QED) is 0.630. The molecule has 0 aliphatic carbocycles. The number of rotatable bonds is 6. The molecule has 0 bridgehead atoms. The molecule has 1 aromatic rings. The summed E-state index contributed by atoms with van der Waals surface area (Å²) in [6, 6.07) is 0.724. The molecule has 7 heteroatoms. The third kappa shape index (κ3) is 4.34. The zero-order valence-electron chi connectivity index (χ0n) is 29.6. The van der Waals surface area contributed by atoms with Crippen molar-refractivity contribution >= 4 is 23.6 Å². The van der Waals surface area contributed by atoms with Gasteiger partial charge in [0, 0.05) is 33.9 Å². The van der Waals surface area contributed by atoms with E-state index in [1.165, 1.54) is 0 Å². The number of carboxylic acids is 1. The molecule has 0 spiro atoms. The number of halogens is 4. The second kappa shape index (κ2) is 7.51. The minimum absolute atomic E-state index is 0.201. The predicted molar refractivity (Wildman–Crippen MR) is 94.7 cm³/mol. The molecule has 0 saturated carbocycles. The fraction of sp³-hybridized carbons (Fsp3) is 0.526. The maximum Gasteiger partial charge on any atom is 0.430 e. The van der Waals surface area contributed by atoms with Crippen molar-refractivity contribution in [3.63, 3.8) is 0 Å². The highest BCUT2D eigenvalue weighted by Crippen LogP contribution is 2.43. The zero-order valence-corrected chi connectivity index (χ0v) is 13.3. The average molecular weight is 408 g/mol. The van der Waals surface area contributed by atoms with Gasteiger partial charge in [0.1, 0.15) is 5.75 Å². The normalized spacial score (nSPS) is 30.7. The van der Waals surface area contributed by atoms with Crippen LogP contribution in [0, 0.1) is 0 Å². The third-order valence-corrected chi connectivity index (χ3v) is 3.57. The van der Waals surface area contributed by atoms with Crippen molar-refractivity contribution in [3.8, 4) is 5.75 Å². The van der Waals surface area contributed by atoms with E-state index in [1.807, 2.05) is 0 Å². The highest BCUT2D eigenvalue weighted by Gasteiger charge is 2.48. The number of hydrogen-bond donors (Lipinski definition) is 1. The summed E-state index contributed by atoms with van der Waals surface area (Å²) in [5, 5.41) is 8.15. The van der Waals surface area contributed by atoms with E-state index in [4.69, 9.17) is 39.6 Å². The van der Waals surface area contributed by atoms with Crippen molar-refractivity contribution in [3.05, 3.63) is 33.9 Å². The van der Waals surface area contributed by atoms with Crippen molar-refractivity contribution in [2.45, 2.75) is 63.7 Å². The lowest BCUT2D eigenvalue weighted by Crippen LogP contribution is -2.40. The fourth-order valence-electron chi connectivity index (χ4n) is 2.15. The van der Waals surface area contributed by atoms with Gasteiger partial charge in [-0.05, 0) is 35.6 Å². The number of ether oxygens (including phenoxy) is 1. The summed E-state index contributed by atoms with van der Waals surface area (Å²) in [5.41, 5.74) is -7.78. The van der Waals surface area contributed by atoms with Crippen molar-refractivity contribution in [2.75, 3.05) is 0 Å². The lowest BCUT2D eigenvalue weighted by Gasteiger charge is -2.31. The van der Waals surface area contributed by atoms with E-state index < -0.39 is 97.2 Å². The van der Waals surface area contributed by atoms with Crippen LogP contribution in [-0.2, 0) is 10.2 Å². The Morgan fingerprint density at radius 1 is 1.38 bits per heavy atom. The molecular weight excluding hydrogens is 369 g/mol. The van der Waals surface area contributed by atoms with Crippen LogP contribution in [0.1, 0.15) is 80.5 Å². The monoisotopic (exact) mass is 407 g/mol. The van der Waals surface area contributed by atoms with Gasteiger partial charge >= 0.3 is 12.1 Å². The molecule has 1 N–H and O–H groups in total. The number of fused-ring (bicyclic) bond motifs is 1. The second-order valence-corrected chi connectivity index (χ2v) is 5.47. The summed E-state index contributed by atoms with van der Waals surface area (Å²) in [5.74, 6) is -3.16. The molecule has 26 heavy (non-hydrogen) atoms. The smallest absolute Gasteiger partial charge is 0.430 e. The Hall–Kier alpha value is -1.69. The zero-order chi connectivity index (χ0) is 34.4. The van der Waals surface area contributed by atoms with Crippen LogP contribution in [0.5, 0.6) is 5.75 Å². The summed E-state index contributed by atoms with van der Waals surface area (Å²) >= 11 is 6.14. The summed E-state index contributed by atoms with van der Waals surface area (Å²) < 4.78 is 182. The standard InChI is InChI=1S/C19H22ClF3O3/c1-4-5-6-7-18(2,3)13-10-15-11(9-14(13)20)8-12(17(24)25)16(26-15)19(21,22)23/h8-10,16H,4-7H2,1-3H3,(H,24,25)/i1D3,2D3,3D3,4D2,5D2,6D2,7D2. The molecule has 1 aliphatic rings. The largest absolute Gasteiger partial charge is 0.478 e. The third-order valence-electron chi connectivity index (χ3n) is 3.26.